The standard InChI is InChI=1S/C13H22F3NO3/c1-11(2)9(7-12(11,3)19-4)17-10(18)5-6-20-8-13(14,15)16/h9H,5-8H2,1-4H3,(H,17,18). The minimum absolute atomic E-state index is 0.0393. The van der Waals surface area contributed by atoms with E-state index in [1.54, 1.807) is 7.11 Å². The van der Waals surface area contributed by atoms with Gasteiger partial charge in [0.15, 0.2) is 0 Å². The molecule has 4 nitrogen and oxygen atoms in total. The van der Waals surface area contributed by atoms with E-state index in [9.17, 15) is 18.0 Å². The Morgan fingerprint density at radius 1 is 1.35 bits per heavy atom. The van der Waals surface area contributed by atoms with Gasteiger partial charge in [-0.25, -0.2) is 0 Å². The van der Waals surface area contributed by atoms with Gasteiger partial charge < -0.3 is 14.8 Å². The highest BCUT2D eigenvalue weighted by atomic mass is 19.4. The molecule has 20 heavy (non-hydrogen) atoms. The molecule has 0 spiro atoms. The van der Waals surface area contributed by atoms with Gasteiger partial charge in [0.05, 0.1) is 12.2 Å². The van der Waals surface area contributed by atoms with Crippen molar-refractivity contribution in [2.75, 3.05) is 20.3 Å². The van der Waals surface area contributed by atoms with E-state index >= 15 is 0 Å². The number of ether oxygens (including phenoxy) is 2. The second-order valence-electron chi connectivity index (χ2n) is 5.90. The Morgan fingerprint density at radius 3 is 2.40 bits per heavy atom. The molecule has 0 saturated heterocycles. The van der Waals surface area contributed by atoms with Crippen LogP contribution in [0.25, 0.3) is 0 Å². The van der Waals surface area contributed by atoms with Crippen LogP contribution < -0.4 is 5.32 Å². The Kier molecular flexibility index (Phi) is 5.08. The lowest BCUT2D eigenvalue weighted by molar-refractivity contribution is -0.184. The number of hydrogen-bond acceptors (Lipinski definition) is 3. The smallest absolute Gasteiger partial charge is 0.378 e. The fourth-order valence-corrected chi connectivity index (χ4v) is 2.34. The molecule has 0 aromatic heterocycles. The number of alkyl halides is 3. The Balaban J connectivity index is 2.28. The van der Waals surface area contributed by atoms with E-state index in [1.807, 2.05) is 20.8 Å². The van der Waals surface area contributed by atoms with Gasteiger partial charge in [-0.2, -0.15) is 13.2 Å². The Labute approximate surface area is 117 Å². The quantitative estimate of drug-likeness (QED) is 0.765. The zero-order valence-electron chi connectivity index (χ0n) is 12.3. The maximum absolute atomic E-state index is 11.8. The second-order valence-corrected chi connectivity index (χ2v) is 5.90. The van der Waals surface area contributed by atoms with Crippen LogP contribution in [0, 0.1) is 5.41 Å². The van der Waals surface area contributed by atoms with Gasteiger partial charge in [0.25, 0.3) is 0 Å². The third kappa shape index (κ3) is 3.85. The molecule has 2 unspecified atom stereocenters. The first-order valence-corrected chi connectivity index (χ1v) is 6.51. The summed E-state index contributed by atoms with van der Waals surface area (Å²) in [4.78, 5) is 11.6. The summed E-state index contributed by atoms with van der Waals surface area (Å²) in [7, 11) is 1.63. The molecule has 1 N–H and O–H groups in total. The summed E-state index contributed by atoms with van der Waals surface area (Å²) in [5.41, 5.74) is -0.512. The lowest BCUT2D eigenvalue weighted by atomic mass is 9.56. The van der Waals surface area contributed by atoms with E-state index in [0.717, 1.165) is 0 Å². The normalized spacial score (nSPS) is 28.9. The van der Waals surface area contributed by atoms with Crippen LogP contribution >= 0.6 is 0 Å². The number of carbonyl (C=O) groups is 1. The topological polar surface area (TPSA) is 47.6 Å². The molecule has 118 valence electrons. The largest absolute Gasteiger partial charge is 0.411 e. The number of hydrogen-bond donors (Lipinski definition) is 1. The van der Waals surface area contributed by atoms with Gasteiger partial charge in [-0.1, -0.05) is 13.8 Å². The molecule has 0 aromatic rings. The predicted molar refractivity (Wildman–Crippen MR) is 67.2 cm³/mol. The summed E-state index contributed by atoms with van der Waals surface area (Å²) >= 11 is 0. The number of halogens is 3. The Bertz CT molecular complexity index is 357. The molecule has 0 aromatic carbocycles. The van der Waals surface area contributed by atoms with Crippen LogP contribution in [0.4, 0.5) is 13.2 Å². The zero-order valence-corrected chi connectivity index (χ0v) is 12.3. The van der Waals surface area contributed by atoms with Crippen LogP contribution in [-0.2, 0) is 14.3 Å². The van der Waals surface area contributed by atoms with Crippen LogP contribution in [0.15, 0.2) is 0 Å². The van der Waals surface area contributed by atoms with E-state index in [0.29, 0.717) is 6.42 Å². The minimum Gasteiger partial charge on any atom is -0.378 e. The van der Waals surface area contributed by atoms with E-state index in [4.69, 9.17) is 4.74 Å². The van der Waals surface area contributed by atoms with Crippen LogP contribution in [-0.4, -0.2) is 44.0 Å². The summed E-state index contributed by atoms with van der Waals surface area (Å²) in [5.74, 6) is -0.302. The maximum atomic E-state index is 11.8. The number of methoxy groups -OCH3 is 1. The molecular weight excluding hydrogens is 275 g/mol. The second kappa shape index (κ2) is 5.89. The van der Waals surface area contributed by atoms with Crippen LogP contribution in [0.2, 0.25) is 0 Å². The maximum Gasteiger partial charge on any atom is 0.411 e. The van der Waals surface area contributed by atoms with Crippen molar-refractivity contribution in [3.05, 3.63) is 0 Å². The molecule has 1 amide bonds. The zero-order chi connectivity index (χ0) is 15.6. The third-order valence-electron chi connectivity index (χ3n) is 4.35. The average Bonchev–Trinajstić information content (AvgIpc) is 2.32. The van der Waals surface area contributed by atoms with Gasteiger partial charge in [-0.15, -0.1) is 0 Å². The fourth-order valence-electron chi connectivity index (χ4n) is 2.34. The van der Waals surface area contributed by atoms with Gasteiger partial charge in [0.1, 0.15) is 6.61 Å². The fraction of sp³-hybridized carbons (Fsp3) is 0.923. The van der Waals surface area contributed by atoms with Gasteiger partial charge in [-0.3, -0.25) is 4.79 Å². The number of amides is 1. The van der Waals surface area contributed by atoms with Gasteiger partial charge in [0, 0.05) is 25.0 Å². The summed E-state index contributed by atoms with van der Waals surface area (Å²) in [5, 5.41) is 2.81. The molecule has 1 fully saturated rings. The first-order valence-electron chi connectivity index (χ1n) is 6.51. The average molecular weight is 297 g/mol. The number of rotatable bonds is 6. The Hall–Kier alpha value is -0.820. The van der Waals surface area contributed by atoms with Crippen molar-refractivity contribution in [2.45, 2.75) is 51.4 Å². The summed E-state index contributed by atoms with van der Waals surface area (Å²) in [6.07, 6.45) is -3.75. The molecule has 2 atom stereocenters. The Morgan fingerprint density at radius 2 is 1.95 bits per heavy atom. The van der Waals surface area contributed by atoms with Crippen LogP contribution in [0.1, 0.15) is 33.6 Å². The first kappa shape index (κ1) is 17.2. The van der Waals surface area contributed by atoms with E-state index in [1.165, 1.54) is 0 Å². The number of carbonyl (C=O) groups excluding carboxylic acids is 1. The lowest BCUT2D eigenvalue weighted by Crippen LogP contribution is -2.68. The van der Waals surface area contributed by atoms with Crippen molar-refractivity contribution in [2.24, 2.45) is 5.41 Å². The highest BCUT2D eigenvalue weighted by Gasteiger charge is 2.58. The highest BCUT2D eigenvalue weighted by molar-refractivity contribution is 5.76. The molecule has 0 radical (unpaired) electrons. The first-order chi connectivity index (χ1) is 9.02. The van der Waals surface area contributed by atoms with Crippen molar-refractivity contribution in [1.82, 2.24) is 5.32 Å². The number of nitrogens with one attached hydrogen (secondary N) is 1. The van der Waals surface area contributed by atoms with Gasteiger partial charge in [-0.05, 0) is 13.3 Å². The monoisotopic (exact) mass is 297 g/mol. The molecule has 1 aliphatic carbocycles. The highest BCUT2D eigenvalue weighted by Crippen LogP contribution is 2.51. The van der Waals surface area contributed by atoms with Gasteiger partial charge in [0.2, 0.25) is 5.91 Å². The molecular formula is C13H22F3NO3. The molecule has 0 heterocycles. The van der Waals surface area contributed by atoms with Crippen molar-refractivity contribution < 1.29 is 27.4 Å². The summed E-state index contributed by atoms with van der Waals surface area (Å²) in [6, 6.07) is -0.0393. The van der Waals surface area contributed by atoms with Crippen molar-refractivity contribution in [3.63, 3.8) is 0 Å². The van der Waals surface area contributed by atoms with Crippen molar-refractivity contribution in [1.29, 1.82) is 0 Å². The molecule has 1 rings (SSSR count). The van der Waals surface area contributed by atoms with Crippen molar-refractivity contribution in [3.8, 4) is 0 Å². The molecule has 1 saturated carbocycles. The molecule has 1 aliphatic rings. The van der Waals surface area contributed by atoms with E-state index in [2.05, 4.69) is 10.1 Å². The molecule has 0 bridgehead atoms. The summed E-state index contributed by atoms with van der Waals surface area (Å²) in [6.45, 7) is 4.40. The van der Waals surface area contributed by atoms with E-state index in [-0.39, 0.29) is 36.0 Å². The lowest BCUT2D eigenvalue weighted by Gasteiger charge is -2.59. The molecule has 7 heteroatoms. The van der Waals surface area contributed by atoms with Gasteiger partial charge >= 0.3 is 6.18 Å². The van der Waals surface area contributed by atoms with Crippen molar-refractivity contribution >= 4 is 5.91 Å². The van der Waals surface area contributed by atoms with E-state index < -0.39 is 12.8 Å². The molecule has 0 aliphatic heterocycles. The minimum atomic E-state index is -4.35. The van der Waals surface area contributed by atoms with Crippen LogP contribution in [0.3, 0.4) is 0 Å². The SMILES string of the molecule is COC1(C)CC(NC(=O)CCOCC(F)(F)F)C1(C)C. The third-order valence-corrected chi connectivity index (χ3v) is 4.35. The summed E-state index contributed by atoms with van der Waals surface area (Å²) < 4.78 is 45.4. The van der Waals surface area contributed by atoms with Crippen LogP contribution in [0.5, 0.6) is 0 Å². The predicted octanol–water partition coefficient (Wildman–Crippen LogP) is 2.28.